The summed E-state index contributed by atoms with van der Waals surface area (Å²) < 4.78 is 5.51. The van der Waals surface area contributed by atoms with E-state index in [1.807, 2.05) is 19.1 Å². The van der Waals surface area contributed by atoms with E-state index in [1.165, 1.54) is 0 Å². The Morgan fingerprint density at radius 3 is 3.00 bits per heavy atom. The monoisotopic (exact) mass is 204 g/mol. The van der Waals surface area contributed by atoms with Gasteiger partial charge >= 0.3 is 0 Å². The van der Waals surface area contributed by atoms with Crippen LogP contribution in [0.1, 0.15) is 18.6 Å². The second-order valence-electron chi connectivity index (χ2n) is 3.39. The molecule has 15 heavy (non-hydrogen) atoms. The van der Waals surface area contributed by atoms with Crippen molar-refractivity contribution in [3.8, 4) is 11.5 Å². The minimum atomic E-state index is -0.0251. The summed E-state index contributed by atoms with van der Waals surface area (Å²) in [5.41, 5.74) is 0.842. The van der Waals surface area contributed by atoms with Crippen LogP contribution in [0.5, 0.6) is 0 Å². The lowest BCUT2D eigenvalue weighted by Crippen LogP contribution is -1.96. The van der Waals surface area contributed by atoms with Crippen molar-refractivity contribution >= 4 is 0 Å². The maximum atomic E-state index is 8.97. The second kappa shape index (κ2) is 4.23. The number of hydrogen-bond donors (Lipinski definition) is 1. The number of rotatable bonds is 3. The zero-order valence-electron chi connectivity index (χ0n) is 8.42. The maximum absolute atomic E-state index is 8.97. The van der Waals surface area contributed by atoms with E-state index in [4.69, 9.17) is 9.52 Å². The fourth-order valence-electron chi connectivity index (χ4n) is 1.23. The van der Waals surface area contributed by atoms with Gasteiger partial charge in [0.05, 0.1) is 18.4 Å². The van der Waals surface area contributed by atoms with E-state index < -0.39 is 0 Å². The molecule has 1 atom stereocenters. The van der Waals surface area contributed by atoms with Crippen molar-refractivity contribution in [2.24, 2.45) is 0 Å². The van der Waals surface area contributed by atoms with E-state index in [-0.39, 0.29) is 12.5 Å². The van der Waals surface area contributed by atoms with Crippen LogP contribution in [0, 0.1) is 0 Å². The lowest BCUT2D eigenvalue weighted by molar-refractivity contribution is 0.258. The third-order valence-electron chi connectivity index (χ3n) is 2.19. The topological polar surface area (TPSA) is 59.2 Å². The predicted octanol–water partition coefficient (Wildman–Crippen LogP) is 1.83. The summed E-state index contributed by atoms with van der Waals surface area (Å²) in [6, 6.07) is 3.71. The highest BCUT2D eigenvalue weighted by molar-refractivity contribution is 5.50. The lowest BCUT2D eigenvalue weighted by Gasteiger charge is -2.01. The SMILES string of the molecule is CC(CO)c1cnc(-c2cccnc2)o1. The molecule has 0 radical (unpaired) electrons. The molecule has 0 aromatic carbocycles. The molecule has 2 aromatic heterocycles. The van der Waals surface area contributed by atoms with Crippen LogP contribution in [0.4, 0.5) is 0 Å². The molecule has 1 N–H and O–H groups in total. The Morgan fingerprint density at radius 2 is 2.33 bits per heavy atom. The molecule has 4 heteroatoms. The van der Waals surface area contributed by atoms with Gasteiger partial charge in [0.25, 0.3) is 0 Å². The summed E-state index contributed by atoms with van der Waals surface area (Å²) in [5.74, 6) is 1.21. The van der Waals surface area contributed by atoms with Gasteiger partial charge in [-0.15, -0.1) is 0 Å². The zero-order chi connectivity index (χ0) is 10.7. The van der Waals surface area contributed by atoms with Gasteiger partial charge in [0.2, 0.25) is 5.89 Å². The van der Waals surface area contributed by atoms with Crippen molar-refractivity contribution in [2.45, 2.75) is 12.8 Å². The van der Waals surface area contributed by atoms with Gasteiger partial charge in [-0.05, 0) is 12.1 Å². The van der Waals surface area contributed by atoms with Crippen LogP contribution in [-0.4, -0.2) is 21.7 Å². The van der Waals surface area contributed by atoms with Crippen LogP contribution in [0.3, 0.4) is 0 Å². The Kier molecular flexibility index (Phi) is 2.78. The quantitative estimate of drug-likeness (QED) is 0.828. The van der Waals surface area contributed by atoms with E-state index in [0.29, 0.717) is 11.7 Å². The zero-order valence-corrected chi connectivity index (χ0v) is 8.42. The molecule has 2 heterocycles. The number of oxazole rings is 1. The number of aromatic nitrogens is 2. The van der Waals surface area contributed by atoms with Crippen molar-refractivity contribution in [1.29, 1.82) is 0 Å². The Bertz CT molecular complexity index is 425. The molecule has 0 amide bonds. The first-order chi connectivity index (χ1) is 7.31. The van der Waals surface area contributed by atoms with Gasteiger partial charge < -0.3 is 9.52 Å². The number of nitrogens with zero attached hydrogens (tertiary/aromatic N) is 2. The van der Waals surface area contributed by atoms with E-state index in [0.717, 1.165) is 5.56 Å². The van der Waals surface area contributed by atoms with Crippen molar-refractivity contribution in [2.75, 3.05) is 6.61 Å². The van der Waals surface area contributed by atoms with Crippen LogP contribution in [0.15, 0.2) is 35.1 Å². The van der Waals surface area contributed by atoms with E-state index in [9.17, 15) is 0 Å². The van der Waals surface area contributed by atoms with E-state index in [2.05, 4.69) is 9.97 Å². The average molecular weight is 204 g/mol. The first kappa shape index (κ1) is 9.86. The summed E-state index contributed by atoms with van der Waals surface area (Å²) in [6.45, 7) is 1.94. The normalized spacial score (nSPS) is 12.7. The Balaban J connectivity index is 2.28. The summed E-state index contributed by atoms with van der Waals surface area (Å²) in [4.78, 5) is 8.12. The molecule has 2 rings (SSSR count). The molecule has 4 nitrogen and oxygen atoms in total. The molecule has 0 bridgehead atoms. The molecule has 0 aliphatic rings. The molecule has 0 saturated carbocycles. The molecule has 78 valence electrons. The minimum absolute atomic E-state index is 0.0251. The number of pyridine rings is 1. The van der Waals surface area contributed by atoms with Crippen LogP contribution in [-0.2, 0) is 0 Å². The van der Waals surface area contributed by atoms with Crippen LogP contribution in [0.25, 0.3) is 11.5 Å². The molecule has 0 fully saturated rings. The fraction of sp³-hybridized carbons (Fsp3) is 0.273. The Morgan fingerprint density at radius 1 is 1.47 bits per heavy atom. The van der Waals surface area contributed by atoms with Crippen molar-refractivity contribution < 1.29 is 9.52 Å². The van der Waals surface area contributed by atoms with Crippen LogP contribution in [0.2, 0.25) is 0 Å². The van der Waals surface area contributed by atoms with E-state index >= 15 is 0 Å². The van der Waals surface area contributed by atoms with Gasteiger partial charge in [-0.25, -0.2) is 4.98 Å². The van der Waals surface area contributed by atoms with Crippen molar-refractivity contribution in [3.05, 3.63) is 36.5 Å². The molecule has 0 spiro atoms. The summed E-state index contributed by atoms with van der Waals surface area (Å²) >= 11 is 0. The van der Waals surface area contributed by atoms with Gasteiger partial charge in [0.15, 0.2) is 0 Å². The standard InChI is InChI=1S/C11H12N2O2/c1-8(7-14)10-6-13-11(15-10)9-3-2-4-12-5-9/h2-6,8,14H,7H2,1H3. The number of hydrogen-bond acceptors (Lipinski definition) is 4. The first-order valence-corrected chi connectivity index (χ1v) is 4.78. The Hall–Kier alpha value is -1.68. The molecule has 2 aromatic rings. The third kappa shape index (κ3) is 2.05. The molecule has 1 unspecified atom stereocenters. The highest BCUT2D eigenvalue weighted by atomic mass is 16.4. The van der Waals surface area contributed by atoms with Crippen LogP contribution >= 0.6 is 0 Å². The number of aliphatic hydroxyl groups is 1. The predicted molar refractivity (Wildman–Crippen MR) is 55.2 cm³/mol. The third-order valence-corrected chi connectivity index (χ3v) is 2.19. The van der Waals surface area contributed by atoms with Crippen LogP contribution < -0.4 is 0 Å². The molecule has 0 aliphatic carbocycles. The average Bonchev–Trinajstić information content (AvgIpc) is 2.78. The molecule has 0 saturated heterocycles. The molecule has 0 aliphatic heterocycles. The lowest BCUT2D eigenvalue weighted by atomic mass is 10.1. The van der Waals surface area contributed by atoms with Gasteiger partial charge in [0.1, 0.15) is 5.76 Å². The first-order valence-electron chi connectivity index (χ1n) is 4.78. The second-order valence-corrected chi connectivity index (χ2v) is 3.39. The van der Waals surface area contributed by atoms with E-state index in [1.54, 1.807) is 18.6 Å². The summed E-state index contributed by atoms with van der Waals surface area (Å²) in [7, 11) is 0. The fourth-order valence-corrected chi connectivity index (χ4v) is 1.23. The maximum Gasteiger partial charge on any atom is 0.227 e. The smallest absolute Gasteiger partial charge is 0.227 e. The largest absolute Gasteiger partial charge is 0.441 e. The van der Waals surface area contributed by atoms with Gasteiger partial charge in [0, 0.05) is 18.3 Å². The summed E-state index contributed by atoms with van der Waals surface area (Å²) in [6.07, 6.45) is 5.03. The highest BCUT2D eigenvalue weighted by Gasteiger charge is 2.11. The van der Waals surface area contributed by atoms with Crippen molar-refractivity contribution in [3.63, 3.8) is 0 Å². The van der Waals surface area contributed by atoms with Gasteiger partial charge in [-0.2, -0.15) is 0 Å². The van der Waals surface area contributed by atoms with Gasteiger partial charge in [-0.1, -0.05) is 6.92 Å². The van der Waals surface area contributed by atoms with Crippen molar-refractivity contribution in [1.82, 2.24) is 9.97 Å². The molecular formula is C11H12N2O2. The highest BCUT2D eigenvalue weighted by Crippen LogP contribution is 2.22. The summed E-state index contributed by atoms with van der Waals surface area (Å²) in [5, 5.41) is 8.97. The Labute approximate surface area is 87.6 Å². The number of aliphatic hydroxyl groups excluding tert-OH is 1. The minimum Gasteiger partial charge on any atom is -0.441 e. The molecular weight excluding hydrogens is 192 g/mol. The van der Waals surface area contributed by atoms with Gasteiger partial charge in [-0.3, -0.25) is 4.98 Å².